The molecule has 0 saturated heterocycles. The number of amides is 1. The van der Waals surface area contributed by atoms with Gasteiger partial charge in [-0.1, -0.05) is 18.3 Å². The van der Waals surface area contributed by atoms with Gasteiger partial charge in [-0.05, 0) is 85.3 Å². The van der Waals surface area contributed by atoms with Crippen LogP contribution in [-0.4, -0.2) is 28.1 Å². The Balaban J connectivity index is 1.31. The zero-order valence-corrected chi connectivity index (χ0v) is 20.0. The third kappa shape index (κ3) is 5.34. The van der Waals surface area contributed by atoms with Crippen molar-refractivity contribution in [3.63, 3.8) is 0 Å². The lowest BCUT2D eigenvalue weighted by Crippen LogP contribution is -2.28. The number of hydrogen-bond acceptors (Lipinski definition) is 5. The Morgan fingerprint density at radius 1 is 1.12 bits per heavy atom. The predicted molar refractivity (Wildman–Crippen MR) is 131 cm³/mol. The zero-order valence-electron chi connectivity index (χ0n) is 18.4. The van der Waals surface area contributed by atoms with Crippen molar-refractivity contribution in [2.75, 3.05) is 6.54 Å². The van der Waals surface area contributed by atoms with E-state index in [1.54, 1.807) is 17.5 Å². The zero-order chi connectivity index (χ0) is 22.1. The van der Waals surface area contributed by atoms with Crippen molar-refractivity contribution in [1.29, 1.82) is 0 Å². The van der Waals surface area contributed by atoms with Gasteiger partial charge in [0.05, 0.1) is 5.56 Å². The molecule has 3 aliphatic rings. The van der Waals surface area contributed by atoms with Crippen LogP contribution in [0.1, 0.15) is 69.8 Å². The highest BCUT2D eigenvalue weighted by atomic mass is 32.1. The average Bonchev–Trinajstić information content (AvgIpc) is 3.69. The first-order valence-corrected chi connectivity index (χ1v) is 13.1. The molecular weight excluding hydrogens is 436 g/mol. The number of nitrogens with one attached hydrogen (secondary N) is 1. The summed E-state index contributed by atoms with van der Waals surface area (Å²) in [5.74, 6) is 1.68. The van der Waals surface area contributed by atoms with Crippen molar-refractivity contribution in [3.05, 3.63) is 51.0 Å². The van der Waals surface area contributed by atoms with Crippen LogP contribution >= 0.6 is 23.6 Å². The van der Waals surface area contributed by atoms with Gasteiger partial charge in [-0.3, -0.25) is 14.6 Å². The van der Waals surface area contributed by atoms with Gasteiger partial charge in [-0.25, -0.2) is 0 Å². The van der Waals surface area contributed by atoms with Gasteiger partial charge in [0, 0.05) is 47.5 Å². The van der Waals surface area contributed by atoms with E-state index in [9.17, 15) is 9.59 Å². The standard InChI is InChI=1S/C26H30N2O2S2/c29-22(19-6-7-19)13-24-25(26(30)28-15-16-3-4-16)21-12-17(5-8-23(21)32-24)10-20(31)11-18-2-1-9-27-14-18/h1-2,9,14,16-17,19H,3-8,10-13,15H2,(H,28,30)/t17-/m1/s1. The highest BCUT2D eigenvalue weighted by molar-refractivity contribution is 7.80. The quantitative estimate of drug-likeness (QED) is 0.506. The SMILES string of the molecule is O=C(NCC1CC1)c1c(CC(=O)C2CC2)sc2c1C[C@@H](CC(=S)Cc1cccnc1)CC2. The van der Waals surface area contributed by atoms with Crippen LogP contribution in [0.3, 0.4) is 0 Å². The first-order valence-electron chi connectivity index (χ1n) is 11.9. The van der Waals surface area contributed by atoms with Crippen LogP contribution in [0.15, 0.2) is 24.5 Å². The third-order valence-corrected chi connectivity index (χ3v) is 8.52. The van der Waals surface area contributed by atoms with E-state index in [1.807, 2.05) is 12.3 Å². The Kier molecular flexibility index (Phi) is 6.51. The van der Waals surface area contributed by atoms with E-state index in [1.165, 1.54) is 23.3 Å². The van der Waals surface area contributed by atoms with Crippen LogP contribution < -0.4 is 5.32 Å². The molecule has 5 rings (SSSR count). The third-order valence-electron chi connectivity index (χ3n) is 6.92. The maximum absolute atomic E-state index is 13.2. The monoisotopic (exact) mass is 466 g/mol. The molecule has 0 aromatic carbocycles. The van der Waals surface area contributed by atoms with E-state index in [2.05, 4.69) is 16.4 Å². The fourth-order valence-corrected chi connectivity index (χ4v) is 6.52. The molecule has 2 saturated carbocycles. The number of nitrogens with zero attached hydrogens (tertiary/aromatic N) is 1. The molecule has 1 amide bonds. The molecule has 0 radical (unpaired) electrons. The second-order valence-corrected chi connectivity index (χ2v) is 11.5. The highest BCUT2D eigenvalue weighted by Crippen LogP contribution is 2.40. The van der Waals surface area contributed by atoms with Crippen LogP contribution in [0, 0.1) is 17.8 Å². The van der Waals surface area contributed by atoms with Crippen molar-refractivity contribution < 1.29 is 9.59 Å². The lowest BCUT2D eigenvalue weighted by atomic mass is 9.82. The summed E-state index contributed by atoms with van der Waals surface area (Å²) in [4.78, 5) is 33.4. The summed E-state index contributed by atoms with van der Waals surface area (Å²) in [7, 11) is 0. The molecule has 0 aliphatic heterocycles. The van der Waals surface area contributed by atoms with Gasteiger partial charge in [0.2, 0.25) is 0 Å². The van der Waals surface area contributed by atoms with Gasteiger partial charge < -0.3 is 5.32 Å². The van der Waals surface area contributed by atoms with Crippen LogP contribution in [0.4, 0.5) is 0 Å². The molecule has 0 spiro atoms. The lowest BCUT2D eigenvalue weighted by Gasteiger charge is -2.23. The summed E-state index contributed by atoms with van der Waals surface area (Å²) in [5, 5.41) is 3.17. The molecule has 2 aromatic heterocycles. The first-order chi connectivity index (χ1) is 15.6. The minimum absolute atomic E-state index is 0.0339. The molecule has 32 heavy (non-hydrogen) atoms. The van der Waals surface area contributed by atoms with Gasteiger partial charge in [0.15, 0.2) is 0 Å². The molecule has 2 fully saturated rings. The van der Waals surface area contributed by atoms with Crippen molar-refractivity contribution in [1.82, 2.24) is 10.3 Å². The highest BCUT2D eigenvalue weighted by Gasteiger charge is 2.34. The van der Waals surface area contributed by atoms with Crippen molar-refractivity contribution in [3.8, 4) is 0 Å². The number of thiophene rings is 1. The summed E-state index contributed by atoms with van der Waals surface area (Å²) < 4.78 is 0. The Morgan fingerprint density at radius 2 is 1.97 bits per heavy atom. The molecular formula is C26H30N2O2S2. The maximum atomic E-state index is 13.2. The van der Waals surface area contributed by atoms with Gasteiger partial charge in [0.25, 0.3) is 5.91 Å². The first kappa shape index (κ1) is 21.9. The summed E-state index contributed by atoms with van der Waals surface area (Å²) in [5.41, 5.74) is 3.18. The van der Waals surface area contributed by atoms with Gasteiger partial charge in [-0.15, -0.1) is 11.3 Å². The average molecular weight is 467 g/mol. The fourth-order valence-electron chi connectivity index (χ4n) is 4.76. The molecule has 0 bridgehead atoms. The smallest absolute Gasteiger partial charge is 0.252 e. The maximum Gasteiger partial charge on any atom is 0.252 e. The van der Waals surface area contributed by atoms with Crippen LogP contribution in [0.2, 0.25) is 0 Å². The van der Waals surface area contributed by atoms with Crippen LogP contribution in [-0.2, 0) is 30.5 Å². The van der Waals surface area contributed by atoms with Crippen molar-refractivity contribution in [2.24, 2.45) is 17.8 Å². The van der Waals surface area contributed by atoms with Crippen molar-refractivity contribution in [2.45, 2.75) is 64.2 Å². The molecule has 1 N–H and O–H groups in total. The summed E-state index contributed by atoms with van der Waals surface area (Å²) in [6.45, 7) is 0.762. The number of hydrogen-bond donors (Lipinski definition) is 1. The Hall–Kier alpha value is -1.92. The Bertz CT molecular complexity index is 1020. The normalized spacial score (nSPS) is 19.9. The number of carbonyl (C=O) groups excluding carboxylic acids is 2. The minimum Gasteiger partial charge on any atom is -0.352 e. The number of pyridine rings is 1. The fraction of sp³-hybridized carbons (Fsp3) is 0.538. The van der Waals surface area contributed by atoms with Gasteiger partial charge >= 0.3 is 0 Å². The predicted octanol–water partition coefficient (Wildman–Crippen LogP) is 4.91. The molecule has 4 nitrogen and oxygen atoms in total. The van der Waals surface area contributed by atoms with Gasteiger partial charge in [-0.2, -0.15) is 0 Å². The number of thiocarbonyl (C=S) groups is 1. The van der Waals surface area contributed by atoms with E-state index in [-0.39, 0.29) is 11.8 Å². The van der Waals surface area contributed by atoms with Crippen molar-refractivity contribution >= 4 is 40.1 Å². The largest absolute Gasteiger partial charge is 0.352 e. The van der Waals surface area contributed by atoms with E-state index in [0.717, 1.165) is 72.4 Å². The van der Waals surface area contributed by atoms with Gasteiger partial charge in [0.1, 0.15) is 5.78 Å². The number of aromatic nitrogens is 1. The minimum atomic E-state index is 0.0339. The summed E-state index contributed by atoms with van der Waals surface area (Å²) in [6.07, 6.45) is 13.2. The number of aryl methyl sites for hydroxylation is 1. The molecule has 0 unspecified atom stereocenters. The molecule has 168 valence electrons. The van der Waals surface area contributed by atoms with Crippen LogP contribution in [0.5, 0.6) is 0 Å². The molecule has 6 heteroatoms. The van der Waals surface area contributed by atoms with E-state index < -0.39 is 0 Å². The number of carbonyl (C=O) groups is 2. The second kappa shape index (κ2) is 9.52. The van der Waals surface area contributed by atoms with E-state index in [0.29, 0.717) is 24.0 Å². The number of ketones is 1. The topological polar surface area (TPSA) is 59.1 Å². The number of rotatable bonds is 10. The Labute approximate surface area is 199 Å². The second-order valence-electron chi connectivity index (χ2n) is 9.76. The lowest BCUT2D eigenvalue weighted by molar-refractivity contribution is -0.119. The van der Waals surface area contributed by atoms with E-state index in [4.69, 9.17) is 12.2 Å². The van der Waals surface area contributed by atoms with E-state index >= 15 is 0 Å². The number of Topliss-reactive ketones (excluding diaryl/α,β-unsaturated/α-hetero) is 1. The van der Waals surface area contributed by atoms with Crippen LogP contribution in [0.25, 0.3) is 0 Å². The summed E-state index contributed by atoms with van der Waals surface area (Å²) in [6, 6.07) is 4.02. The molecule has 1 atom stereocenters. The molecule has 3 aliphatic carbocycles. The number of fused-ring (bicyclic) bond motifs is 1. The Morgan fingerprint density at radius 3 is 2.69 bits per heavy atom. The summed E-state index contributed by atoms with van der Waals surface area (Å²) >= 11 is 7.44. The molecule has 2 heterocycles. The molecule has 2 aromatic rings.